The first-order valence-corrected chi connectivity index (χ1v) is 5.66. The zero-order chi connectivity index (χ0) is 12.4. The summed E-state index contributed by atoms with van der Waals surface area (Å²) in [5.74, 6) is -1.35. The van der Waals surface area contributed by atoms with Crippen LogP contribution in [0.5, 0.6) is 0 Å². The van der Waals surface area contributed by atoms with Crippen LogP contribution in [0, 0.1) is 0 Å². The molecule has 0 saturated carbocycles. The molecule has 6 nitrogen and oxygen atoms in total. The van der Waals surface area contributed by atoms with Crippen molar-refractivity contribution in [3.8, 4) is 0 Å². The summed E-state index contributed by atoms with van der Waals surface area (Å²) in [5, 5.41) is 12.9. The molecule has 1 aliphatic heterocycles. The largest absolute Gasteiger partial charge is 0.477 e. The van der Waals surface area contributed by atoms with Gasteiger partial charge in [0, 0.05) is 20.1 Å². The fourth-order valence-electron chi connectivity index (χ4n) is 2.12. The van der Waals surface area contributed by atoms with E-state index in [0.29, 0.717) is 13.1 Å². The van der Waals surface area contributed by atoms with Crippen LogP contribution < -0.4 is 0 Å². The molecule has 17 heavy (non-hydrogen) atoms. The molecule has 1 saturated heterocycles. The van der Waals surface area contributed by atoms with Gasteiger partial charge in [-0.3, -0.25) is 9.48 Å². The number of rotatable bonds is 2. The van der Waals surface area contributed by atoms with Gasteiger partial charge < -0.3 is 10.0 Å². The van der Waals surface area contributed by atoms with Crippen LogP contribution in [0.3, 0.4) is 0 Å². The lowest BCUT2D eigenvalue weighted by Crippen LogP contribution is -2.36. The predicted molar refractivity (Wildman–Crippen MR) is 59.9 cm³/mol. The Morgan fingerprint density at radius 1 is 1.29 bits per heavy atom. The van der Waals surface area contributed by atoms with E-state index < -0.39 is 5.97 Å². The van der Waals surface area contributed by atoms with Crippen molar-refractivity contribution < 1.29 is 14.7 Å². The Bertz CT molecular complexity index is 447. The molecule has 1 N–H and O–H groups in total. The Labute approximate surface area is 98.8 Å². The number of amides is 1. The maximum Gasteiger partial charge on any atom is 0.354 e. The lowest BCUT2D eigenvalue weighted by molar-refractivity contribution is 0.0657. The molecule has 0 spiro atoms. The van der Waals surface area contributed by atoms with E-state index in [1.165, 1.54) is 17.9 Å². The van der Waals surface area contributed by atoms with E-state index >= 15 is 0 Å². The van der Waals surface area contributed by atoms with Crippen LogP contribution in [-0.2, 0) is 7.05 Å². The molecule has 0 aliphatic carbocycles. The maximum absolute atomic E-state index is 12.1. The van der Waals surface area contributed by atoms with Gasteiger partial charge in [0.2, 0.25) is 0 Å². The molecule has 1 amide bonds. The molecule has 0 unspecified atom stereocenters. The van der Waals surface area contributed by atoms with Crippen LogP contribution in [0.25, 0.3) is 0 Å². The summed E-state index contributed by atoms with van der Waals surface area (Å²) < 4.78 is 1.22. The number of hydrogen-bond donors (Lipinski definition) is 1. The monoisotopic (exact) mass is 237 g/mol. The van der Waals surface area contributed by atoms with Crippen molar-refractivity contribution in [2.75, 3.05) is 13.1 Å². The highest BCUT2D eigenvalue weighted by molar-refractivity contribution is 6.03. The first-order valence-electron chi connectivity index (χ1n) is 5.66. The lowest BCUT2D eigenvalue weighted by Gasteiger charge is -2.26. The average Bonchev–Trinajstić information content (AvgIpc) is 2.71. The van der Waals surface area contributed by atoms with Crippen LogP contribution in [0.4, 0.5) is 0 Å². The number of likely N-dealkylation sites (tertiary alicyclic amines) is 1. The third-order valence-corrected chi connectivity index (χ3v) is 3.02. The summed E-state index contributed by atoms with van der Waals surface area (Å²) in [6.07, 6.45) is 4.42. The summed E-state index contributed by atoms with van der Waals surface area (Å²) in [4.78, 5) is 24.9. The number of carboxylic acid groups (broad SMARTS) is 1. The van der Waals surface area contributed by atoms with Gasteiger partial charge in [0.05, 0.1) is 11.8 Å². The fraction of sp³-hybridized carbons (Fsp3) is 0.545. The molecule has 0 atom stereocenters. The van der Waals surface area contributed by atoms with Gasteiger partial charge >= 0.3 is 5.97 Å². The maximum atomic E-state index is 12.1. The lowest BCUT2D eigenvalue weighted by atomic mass is 10.1. The molecule has 1 aliphatic rings. The SMILES string of the molecule is Cn1ncc(C(=O)N2CCCCC2)c1C(=O)O. The van der Waals surface area contributed by atoms with E-state index in [9.17, 15) is 9.59 Å². The number of carbonyl (C=O) groups excluding carboxylic acids is 1. The van der Waals surface area contributed by atoms with Crippen molar-refractivity contribution in [3.63, 3.8) is 0 Å². The molecule has 1 fully saturated rings. The van der Waals surface area contributed by atoms with Crippen molar-refractivity contribution in [2.24, 2.45) is 7.05 Å². The third-order valence-electron chi connectivity index (χ3n) is 3.02. The molecule has 0 aromatic carbocycles. The molecule has 2 rings (SSSR count). The van der Waals surface area contributed by atoms with E-state index in [0.717, 1.165) is 19.3 Å². The summed E-state index contributed by atoms with van der Waals surface area (Å²) in [7, 11) is 1.52. The number of aromatic carboxylic acids is 1. The van der Waals surface area contributed by atoms with Gasteiger partial charge in [0.15, 0.2) is 5.69 Å². The van der Waals surface area contributed by atoms with Crippen LogP contribution in [0.1, 0.15) is 40.1 Å². The summed E-state index contributed by atoms with van der Waals surface area (Å²) in [6, 6.07) is 0. The Morgan fingerprint density at radius 2 is 1.94 bits per heavy atom. The Morgan fingerprint density at radius 3 is 2.53 bits per heavy atom. The second kappa shape index (κ2) is 4.57. The second-order valence-corrected chi connectivity index (χ2v) is 4.19. The highest BCUT2D eigenvalue weighted by Crippen LogP contribution is 2.15. The summed E-state index contributed by atoms with van der Waals surface area (Å²) >= 11 is 0. The third kappa shape index (κ3) is 2.15. The number of aromatic nitrogens is 2. The molecule has 1 aromatic heterocycles. The van der Waals surface area contributed by atoms with E-state index in [2.05, 4.69) is 5.10 Å². The van der Waals surface area contributed by atoms with Gasteiger partial charge in [-0.15, -0.1) is 0 Å². The van der Waals surface area contributed by atoms with Crippen LogP contribution in [0.15, 0.2) is 6.20 Å². The van der Waals surface area contributed by atoms with E-state index in [1.54, 1.807) is 4.90 Å². The Hall–Kier alpha value is -1.85. The van der Waals surface area contributed by atoms with Gasteiger partial charge in [0.25, 0.3) is 5.91 Å². The molecule has 92 valence electrons. The molecule has 2 heterocycles. The van der Waals surface area contributed by atoms with Gasteiger partial charge in [-0.2, -0.15) is 5.10 Å². The van der Waals surface area contributed by atoms with Crippen LogP contribution >= 0.6 is 0 Å². The zero-order valence-electron chi connectivity index (χ0n) is 9.72. The normalized spacial score (nSPS) is 15.9. The van der Waals surface area contributed by atoms with Crippen LogP contribution in [0.2, 0.25) is 0 Å². The number of hydrogen-bond acceptors (Lipinski definition) is 3. The molecular weight excluding hydrogens is 222 g/mol. The minimum absolute atomic E-state index is 0.0411. The Kier molecular flexibility index (Phi) is 3.12. The fourth-order valence-corrected chi connectivity index (χ4v) is 2.12. The van der Waals surface area contributed by atoms with Crippen LogP contribution in [-0.4, -0.2) is 44.8 Å². The molecule has 1 aromatic rings. The number of aryl methyl sites for hydroxylation is 1. The smallest absolute Gasteiger partial charge is 0.354 e. The Balaban J connectivity index is 2.27. The van der Waals surface area contributed by atoms with Crippen molar-refractivity contribution in [3.05, 3.63) is 17.5 Å². The first-order chi connectivity index (χ1) is 8.11. The highest BCUT2D eigenvalue weighted by Gasteiger charge is 2.26. The number of nitrogens with zero attached hydrogens (tertiary/aromatic N) is 3. The minimum atomic E-state index is -1.12. The van der Waals surface area contributed by atoms with Gasteiger partial charge in [-0.25, -0.2) is 4.79 Å². The first kappa shape index (κ1) is 11.6. The highest BCUT2D eigenvalue weighted by atomic mass is 16.4. The minimum Gasteiger partial charge on any atom is -0.477 e. The van der Waals surface area contributed by atoms with Crippen molar-refractivity contribution in [1.82, 2.24) is 14.7 Å². The van der Waals surface area contributed by atoms with Gasteiger partial charge in [-0.05, 0) is 19.3 Å². The molecular formula is C11H15N3O3. The number of carboxylic acids is 1. The average molecular weight is 237 g/mol. The predicted octanol–water partition coefficient (Wildman–Crippen LogP) is 0.744. The standard InChI is InChI=1S/C11H15N3O3/c1-13-9(11(16)17)8(7-12-13)10(15)14-5-3-2-4-6-14/h7H,2-6H2,1H3,(H,16,17). The van der Waals surface area contributed by atoms with Crippen molar-refractivity contribution >= 4 is 11.9 Å². The van der Waals surface area contributed by atoms with Crippen molar-refractivity contribution in [1.29, 1.82) is 0 Å². The zero-order valence-corrected chi connectivity index (χ0v) is 9.72. The van der Waals surface area contributed by atoms with Gasteiger partial charge in [0.1, 0.15) is 0 Å². The molecule has 0 bridgehead atoms. The van der Waals surface area contributed by atoms with E-state index in [1.807, 2.05) is 0 Å². The number of piperidine rings is 1. The topological polar surface area (TPSA) is 75.4 Å². The van der Waals surface area contributed by atoms with E-state index in [4.69, 9.17) is 5.11 Å². The quantitative estimate of drug-likeness (QED) is 0.823. The second-order valence-electron chi connectivity index (χ2n) is 4.19. The molecule has 0 radical (unpaired) electrons. The number of carbonyl (C=O) groups is 2. The summed E-state index contributed by atoms with van der Waals surface area (Å²) in [6.45, 7) is 1.40. The van der Waals surface area contributed by atoms with Gasteiger partial charge in [-0.1, -0.05) is 0 Å². The summed E-state index contributed by atoms with van der Waals surface area (Å²) in [5.41, 5.74) is 0.141. The molecule has 6 heteroatoms. The van der Waals surface area contributed by atoms with Crippen molar-refractivity contribution in [2.45, 2.75) is 19.3 Å². The van der Waals surface area contributed by atoms with E-state index in [-0.39, 0.29) is 17.2 Å².